The Morgan fingerprint density at radius 3 is 2.25 bits per heavy atom. The summed E-state index contributed by atoms with van der Waals surface area (Å²) < 4.78 is 0. The fraction of sp³-hybridized carbons (Fsp3) is 0.750. The maximum atomic E-state index is 11.7. The van der Waals surface area contributed by atoms with E-state index in [-0.39, 0.29) is 23.7 Å². The van der Waals surface area contributed by atoms with Crippen molar-refractivity contribution in [3.63, 3.8) is 0 Å². The zero-order chi connectivity index (χ0) is 15.1. The Balaban J connectivity index is 2.30. The summed E-state index contributed by atoms with van der Waals surface area (Å²) in [5.74, 6) is 0.866. The molecule has 1 aliphatic carbocycles. The van der Waals surface area contributed by atoms with Gasteiger partial charge < -0.3 is 10.6 Å². The number of nitrogens with one attached hydrogen (secondary N) is 2. The Kier molecular flexibility index (Phi) is 6.76. The van der Waals surface area contributed by atoms with E-state index in [9.17, 15) is 9.59 Å². The molecule has 0 heterocycles. The highest BCUT2D eigenvalue weighted by atomic mass is 16.2. The molecule has 4 heteroatoms. The molecule has 1 unspecified atom stereocenters. The average Bonchev–Trinajstić information content (AvgIpc) is 2.41. The second kappa shape index (κ2) is 8.08. The van der Waals surface area contributed by atoms with E-state index in [1.54, 1.807) is 0 Å². The van der Waals surface area contributed by atoms with Crippen LogP contribution in [0.4, 0.5) is 0 Å². The third kappa shape index (κ3) is 5.35. The van der Waals surface area contributed by atoms with Crippen molar-refractivity contribution < 1.29 is 9.59 Å². The average molecular weight is 280 g/mol. The molecule has 20 heavy (non-hydrogen) atoms. The van der Waals surface area contributed by atoms with E-state index in [4.69, 9.17) is 0 Å². The number of rotatable bonds is 6. The quantitative estimate of drug-likeness (QED) is 0.785. The molecule has 1 aliphatic rings. The van der Waals surface area contributed by atoms with Gasteiger partial charge in [-0.3, -0.25) is 9.59 Å². The summed E-state index contributed by atoms with van der Waals surface area (Å²) in [5.41, 5.74) is 0. The highest BCUT2D eigenvalue weighted by molar-refractivity contribution is 5.79. The molecule has 2 N–H and O–H groups in total. The SMILES string of the molecule is C=CNC(=O)C(C)CC1CCC(NC(=O)C(C)C)CC1. The van der Waals surface area contributed by atoms with Gasteiger partial charge in [0.15, 0.2) is 0 Å². The molecule has 0 spiro atoms. The van der Waals surface area contributed by atoms with Crippen LogP contribution in [0.1, 0.15) is 52.9 Å². The van der Waals surface area contributed by atoms with Crippen molar-refractivity contribution in [3.8, 4) is 0 Å². The molecule has 1 saturated carbocycles. The zero-order valence-electron chi connectivity index (χ0n) is 12.9. The third-order valence-electron chi connectivity index (χ3n) is 4.10. The molecule has 0 aliphatic heterocycles. The predicted molar refractivity (Wildman–Crippen MR) is 80.8 cm³/mol. The fourth-order valence-corrected chi connectivity index (χ4v) is 2.76. The van der Waals surface area contributed by atoms with E-state index in [0.29, 0.717) is 12.0 Å². The van der Waals surface area contributed by atoms with Gasteiger partial charge in [-0.15, -0.1) is 0 Å². The van der Waals surface area contributed by atoms with E-state index in [2.05, 4.69) is 17.2 Å². The number of carbonyl (C=O) groups excluding carboxylic acids is 2. The van der Waals surface area contributed by atoms with Gasteiger partial charge in [-0.05, 0) is 44.2 Å². The second-order valence-corrected chi connectivity index (χ2v) is 6.23. The van der Waals surface area contributed by atoms with Crippen molar-refractivity contribution in [2.24, 2.45) is 17.8 Å². The summed E-state index contributed by atoms with van der Waals surface area (Å²) in [6, 6.07) is 0.318. The molecule has 2 amide bonds. The number of hydrogen-bond acceptors (Lipinski definition) is 2. The van der Waals surface area contributed by atoms with Crippen LogP contribution in [-0.4, -0.2) is 17.9 Å². The summed E-state index contributed by atoms with van der Waals surface area (Å²) in [7, 11) is 0. The largest absolute Gasteiger partial charge is 0.353 e. The molecule has 0 bridgehead atoms. The van der Waals surface area contributed by atoms with Gasteiger partial charge in [0.1, 0.15) is 0 Å². The Morgan fingerprint density at radius 1 is 1.15 bits per heavy atom. The van der Waals surface area contributed by atoms with Crippen molar-refractivity contribution in [2.45, 2.75) is 58.9 Å². The maximum Gasteiger partial charge on any atom is 0.226 e. The lowest BCUT2D eigenvalue weighted by atomic mass is 9.81. The molecule has 0 aromatic carbocycles. The minimum absolute atomic E-state index is 0.0276. The molecular weight excluding hydrogens is 252 g/mol. The Morgan fingerprint density at radius 2 is 1.75 bits per heavy atom. The van der Waals surface area contributed by atoms with Gasteiger partial charge in [0.2, 0.25) is 11.8 Å². The summed E-state index contributed by atoms with van der Waals surface area (Å²) in [6.45, 7) is 9.31. The fourth-order valence-electron chi connectivity index (χ4n) is 2.76. The van der Waals surface area contributed by atoms with Crippen molar-refractivity contribution in [3.05, 3.63) is 12.8 Å². The molecule has 0 aromatic rings. The molecule has 0 saturated heterocycles. The van der Waals surface area contributed by atoms with E-state index < -0.39 is 0 Å². The highest BCUT2D eigenvalue weighted by Crippen LogP contribution is 2.29. The highest BCUT2D eigenvalue weighted by Gasteiger charge is 2.25. The normalized spacial score (nSPS) is 24.0. The standard InChI is InChI=1S/C16H28N2O2/c1-5-17-16(20)12(4)10-13-6-8-14(9-7-13)18-15(19)11(2)3/h5,11-14H,1,6-10H2,2-4H3,(H,17,20)(H,18,19). The van der Waals surface area contributed by atoms with Crippen LogP contribution >= 0.6 is 0 Å². The van der Waals surface area contributed by atoms with E-state index in [1.165, 1.54) is 6.20 Å². The number of amides is 2. The van der Waals surface area contributed by atoms with Gasteiger partial charge in [0, 0.05) is 17.9 Å². The van der Waals surface area contributed by atoms with Gasteiger partial charge in [-0.1, -0.05) is 27.4 Å². The predicted octanol–water partition coefficient (Wildman–Crippen LogP) is 2.60. The van der Waals surface area contributed by atoms with Crippen LogP contribution in [-0.2, 0) is 9.59 Å². The topological polar surface area (TPSA) is 58.2 Å². The molecule has 1 atom stereocenters. The van der Waals surface area contributed by atoms with Crippen LogP contribution in [0, 0.1) is 17.8 Å². The summed E-state index contributed by atoms with van der Waals surface area (Å²) in [4.78, 5) is 23.3. The Bertz CT molecular complexity index is 344. The molecule has 1 fully saturated rings. The van der Waals surface area contributed by atoms with Crippen LogP contribution in [0.2, 0.25) is 0 Å². The first-order valence-electron chi connectivity index (χ1n) is 7.65. The molecule has 4 nitrogen and oxygen atoms in total. The van der Waals surface area contributed by atoms with Gasteiger partial charge in [-0.25, -0.2) is 0 Å². The summed E-state index contributed by atoms with van der Waals surface area (Å²) >= 11 is 0. The molecule has 114 valence electrons. The van der Waals surface area contributed by atoms with Crippen molar-refractivity contribution in [1.82, 2.24) is 10.6 Å². The lowest BCUT2D eigenvalue weighted by molar-refractivity contribution is -0.125. The van der Waals surface area contributed by atoms with Crippen molar-refractivity contribution >= 4 is 11.8 Å². The Labute approximate surface area is 122 Å². The first kappa shape index (κ1) is 16.7. The van der Waals surface area contributed by atoms with Crippen molar-refractivity contribution in [1.29, 1.82) is 0 Å². The summed E-state index contributed by atoms with van der Waals surface area (Å²) in [5, 5.41) is 5.75. The minimum Gasteiger partial charge on any atom is -0.353 e. The number of carbonyl (C=O) groups is 2. The minimum atomic E-state index is 0.0276. The molecule has 1 rings (SSSR count). The van der Waals surface area contributed by atoms with Gasteiger partial charge in [0.05, 0.1) is 0 Å². The monoisotopic (exact) mass is 280 g/mol. The van der Waals surface area contributed by atoms with Crippen LogP contribution in [0.15, 0.2) is 12.8 Å². The van der Waals surface area contributed by atoms with Gasteiger partial charge >= 0.3 is 0 Å². The molecule has 0 aromatic heterocycles. The first-order valence-corrected chi connectivity index (χ1v) is 7.65. The number of hydrogen-bond donors (Lipinski definition) is 2. The smallest absolute Gasteiger partial charge is 0.226 e. The zero-order valence-corrected chi connectivity index (χ0v) is 12.9. The van der Waals surface area contributed by atoms with Crippen LogP contribution in [0.3, 0.4) is 0 Å². The van der Waals surface area contributed by atoms with E-state index in [1.807, 2.05) is 20.8 Å². The van der Waals surface area contributed by atoms with E-state index in [0.717, 1.165) is 32.1 Å². The Hall–Kier alpha value is -1.32. The van der Waals surface area contributed by atoms with Crippen LogP contribution in [0.5, 0.6) is 0 Å². The first-order chi connectivity index (χ1) is 9.43. The third-order valence-corrected chi connectivity index (χ3v) is 4.10. The van der Waals surface area contributed by atoms with E-state index >= 15 is 0 Å². The van der Waals surface area contributed by atoms with Gasteiger partial charge in [-0.2, -0.15) is 0 Å². The lowest BCUT2D eigenvalue weighted by Gasteiger charge is -2.30. The van der Waals surface area contributed by atoms with Crippen LogP contribution in [0.25, 0.3) is 0 Å². The van der Waals surface area contributed by atoms with Gasteiger partial charge in [0.25, 0.3) is 0 Å². The van der Waals surface area contributed by atoms with Crippen LogP contribution < -0.4 is 10.6 Å². The molecular formula is C16H28N2O2. The summed E-state index contributed by atoms with van der Waals surface area (Å²) in [6.07, 6.45) is 6.60. The molecule has 0 radical (unpaired) electrons. The second-order valence-electron chi connectivity index (χ2n) is 6.23. The van der Waals surface area contributed by atoms with Crippen molar-refractivity contribution in [2.75, 3.05) is 0 Å². The maximum absolute atomic E-state index is 11.7. The lowest BCUT2D eigenvalue weighted by Crippen LogP contribution is -2.40.